The van der Waals surface area contributed by atoms with Gasteiger partial charge in [0.25, 0.3) is 0 Å². The van der Waals surface area contributed by atoms with E-state index in [1.807, 2.05) is 0 Å². The highest BCUT2D eigenvalue weighted by atomic mass is 16.5. The molecule has 4 nitrogen and oxygen atoms in total. The van der Waals surface area contributed by atoms with Crippen molar-refractivity contribution >= 4 is 0 Å². The molecule has 1 aliphatic heterocycles. The number of rotatable bonds is 8. The molecule has 1 N–H and O–H groups in total. The van der Waals surface area contributed by atoms with Gasteiger partial charge in [0.15, 0.2) is 0 Å². The molecule has 4 heteroatoms. The Morgan fingerprint density at radius 2 is 2.13 bits per heavy atom. The van der Waals surface area contributed by atoms with E-state index < -0.39 is 0 Å². The Bertz CT molecular complexity index is 138. The molecule has 0 aliphatic carbocycles. The minimum Gasteiger partial charge on any atom is -0.382 e. The molecule has 0 spiro atoms. The predicted octanol–water partition coefficient (Wildman–Crippen LogP) is 0.808. The van der Waals surface area contributed by atoms with E-state index in [0.717, 1.165) is 32.7 Å². The van der Waals surface area contributed by atoms with E-state index >= 15 is 0 Å². The Morgan fingerprint density at radius 1 is 1.20 bits per heavy atom. The van der Waals surface area contributed by atoms with Crippen LogP contribution in [0.25, 0.3) is 0 Å². The normalized spacial score (nSPS) is 21.8. The smallest absolute Gasteiger partial charge is 0.0700 e. The van der Waals surface area contributed by atoms with Crippen LogP contribution in [0.4, 0.5) is 0 Å². The van der Waals surface area contributed by atoms with E-state index in [0.29, 0.717) is 19.3 Å². The summed E-state index contributed by atoms with van der Waals surface area (Å²) in [5.74, 6) is 0. The minimum atomic E-state index is 0.415. The number of ether oxygens (including phenoxy) is 3. The second-order valence-corrected chi connectivity index (χ2v) is 3.80. The van der Waals surface area contributed by atoms with Gasteiger partial charge in [-0.05, 0) is 25.8 Å². The number of nitrogens with one attached hydrogen (secondary N) is 1. The van der Waals surface area contributed by atoms with Crippen molar-refractivity contribution in [3.63, 3.8) is 0 Å². The standard InChI is InChI=1S/C11H23NO3/c1-13-8-9-14-6-3-7-15-11-4-2-5-12-10-11/h11-12H,2-10H2,1H3/t11-/m0/s1. The Hall–Kier alpha value is -0.160. The van der Waals surface area contributed by atoms with Crippen molar-refractivity contribution in [3.05, 3.63) is 0 Å². The molecule has 1 atom stereocenters. The second-order valence-electron chi connectivity index (χ2n) is 3.80. The molecule has 0 aromatic heterocycles. The third kappa shape index (κ3) is 6.84. The lowest BCUT2D eigenvalue weighted by molar-refractivity contribution is 0.0143. The first-order valence-corrected chi connectivity index (χ1v) is 5.82. The number of hydrogen-bond acceptors (Lipinski definition) is 4. The van der Waals surface area contributed by atoms with Crippen molar-refractivity contribution in [3.8, 4) is 0 Å². The average Bonchev–Trinajstić information content (AvgIpc) is 2.29. The van der Waals surface area contributed by atoms with Gasteiger partial charge in [0.05, 0.1) is 19.3 Å². The van der Waals surface area contributed by atoms with Crippen LogP contribution in [-0.4, -0.2) is 52.7 Å². The second kappa shape index (κ2) is 9.09. The van der Waals surface area contributed by atoms with Crippen LogP contribution in [0.5, 0.6) is 0 Å². The molecule has 1 heterocycles. The van der Waals surface area contributed by atoms with Crippen LogP contribution in [0.15, 0.2) is 0 Å². The largest absolute Gasteiger partial charge is 0.382 e. The van der Waals surface area contributed by atoms with E-state index in [9.17, 15) is 0 Å². The predicted molar refractivity (Wildman–Crippen MR) is 59.2 cm³/mol. The van der Waals surface area contributed by atoms with Crippen LogP contribution in [0.1, 0.15) is 19.3 Å². The summed E-state index contributed by atoms with van der Waals surface area (Å²) in [5, 5.41) is 3.33. The van der Waals surface area contributed by atoms with E-state index in [1.165, 1.54) is 12.8 Å². The summed E-state index contributed by atoms with van der Waals surface area (Å²) in [6.07, 6.45) is 3.81. The van der Waals surface area contributed by atoms with Gasteiger partial charge in [-0.3, -0.25) is 0 Å². The lowest BCUT2D eigenvalue weighted by atomic mass is 10.1. The quantitative estimate of drug-likeness (QED) is 0.611. The van der Waals surface area contributed by atoms with Crippen molar-refractivity contribution in [1.82, 2.24) is 5.32 Å². The lowest BCUT2D eigenvalue weighted by Gasteiger charge is -2.22. The zero-order valence-electron chi connectivity index (χ0n) is 9.67. The molecule has 90 valence electrons. The number of piperidine rings is 1. The monoisotopic (exact) mass is 217 g/mol. The first kappa shape index (κ1) is 12.9. The first-order chi connectivity index (χ1) is 7.43. The minimum absolute atomic E-state index is 0.415. The van der Waals surface area contributed by atoms with Crippen molar-refractivity contribution in [1.29, 1.82) is 0 Å². The van der Waals surface area contributed by atoms with Crippen molar-refractivity contribution in [2.45, 2.75) is 25.4 Å². The molecular weight excluding hydrogens is 194 g/mol. The van der Waals surface area contributed by atoms with Gasteiger partial charge in [-0.1, -0.05) is 0 Å². The topological polar surface area (TPSA) is 39.7 Å². The molecule has 0 unspecified atom stereocenters. The zero-order chi connectivity index (χ0) is 10.8. The maximum atomic E-state index is 5.72. The molecule has 0 bridgehead atoms. The summed E-state index contributed by atoms with van der Waals surface area (Å²) in [7, 11) is 1.68. The van der Waals surface area contributed by atoms with Crippen LogP contribution < -0.4 is 5.32 Å². The Morgan fingerprint density at radius 3 is 2.87 bits per heavy atom. The Balaban J connectivity index is 1.79. The van der Waals surface area contributed by atoms with Crippen LogP contribution in [0.3, 0.4) is 0 Å². The maximum Gasteiger partial charge on any atom is 0.0700 e. The summed E-state index contributed by atoms with van der Waals surface area (Å²) >= 11 is 0. The first-order valence-electron chi connectivity index (χ1n) is 5.82. The zero-order valence-corrected chi connectivity index (χ0v) is 9.67. The SMILES string of the molecule is COCCOCCCO[C@H]1CCCNC1. The summed E-state index contributed by atoms with van der Waals surface area (Å²) in [6, 6.07) is 0. The molecule has 1 fully saturated rings. The van der Waals surface area contributed by atoms with Crippen molar-refractivity contribution in [2.24, 2.45) is 0 Å². The summed E-state index contributed by atoms with van der Waals surface area (Å²) in [4.78, 5) is 0. The maximum absolute atomic E-state index is 5.72. The highest BCUT2D eigenvalue weighted by molar-refractivity contribution is 4.68. The van der Waals surface area contributed by atoms with Gasteiger partial charge < -0.3 is 19.5 Å². The van der Waals surface area contributed by atoms with Gasteiger partial charge >= 0.3 is 0 Å². The molecule has 1 aliphatic rings. The third-order valence-electron chi connectivity index (χ3n) is 2.47. The van der Waals surface area contributed by atoms with E-state index in [2.05, 4.69) is 5.32 Å². The van der Waals surface area contributed by atoms with Gasteiger partial charge in [0.1, 0.15) is 0 Å². The number of hydrogen-bond donors (Lipinski definition) is 1. The van der Waals surface area contributed by atoms with Crippen LogP contribution >= 0.6 is 0 Å². The molecule has 15 heavy (non-hydrogen) atoms. The molecule has 0 radical (unpaired) electrons. The molecule has 0 saturated carbocycles. The summed E-state index contributed by atoms with van der Waals surface area (Å²) in [6.45, 7) is 5.07. The van der Waals surface area contributed by atoms with Gasteiger partial charge in [0.2, 0.25) is 0 Å². The van der Waals surface area contributed by atoms with Gasteiger partial charge in [-0.15, -0.1) is 0 Å². The molecule has 0 aromatic carbocycles. The molecule has 0 aromatic rings. The van der Waals surface area contributed by atoms with E-state index in [4.69, 9.17) is 14.2 Å². The van der Waals surface area contributed by atoms with Crippen LogP contribution in [-0.2, 0) is 14.2 Å². The Kier molecular flexibility index (Phi) is 7.83. The van der Waals surface area contributed by atoms with Crippen LogP contribution in [0.2, 0.25) is 0 Å². The highest BCUT2D eigenvalue weighted by Gasteiger charge is 2.12. The fourth-order valence-corrected chi connectivity index (χ4v) is 1.62. The van der Waals surface area contributed by atoms with Gasteiger partial charge in [-0.2, -0.15) is 0 Å². The highest BCUT2D eigenvalue weighted by Crippen LogP contribution is 2.05. The van der Waals surface area contributed by atoms with Crippen molar-refractivity contribution in [2.75, 3.05) is 46.6 Å². The molecule has 0 amide bonds. The Labute approximate surface area is 92.3 Å². The van der Waals surface area contributed by atoms with Gasteiger partial charge in [0, 0.05) is 26.9 Å². The fraction of sp³-hybridized carbons (Fsp3) is 1.00. The number of methoxy groups -OCH3 is 1. The van der Waals surface area contributed by atoms with Gasteiger partial charge in [-0.25, -0.2) is 0 Å². The summed E-state index contributed by atoms with van der Waals surface area (Å²) in [5.41, 5.74) is 0. The van der Waals surface area contributed by atoms with E-state index in [1.54, 1.807) is 7.11 Å². The third-order valence-corrected chi connectivity index (χ3v) is 2.47. The molecule has 1 rings (SSSR count). The van der Waals surface area contributed by atoms with E-state index in [-0.39, 0.29) is 0 Å². The molecule has 1 saturated heterocycles. The average molecular weight is 217 g/mol. The lowest BCUT2D eigenvalue weighted by Crippen LogP contribution is -2.35. The van der Waals surface area contributed by atoms with Crippen molar-refractivity contribution < 1.29 is 14.2 Å². The fourth-order valence-electron chi connectivity index (χ4n) is 1.62. The summed E-state index contributed by atoms with van der Waals surface area (Å²) < 4.78 is 15.9. The molecular formula is C11H23NO3. The van der Waals surface area contributed by atoms with Crippen LogP contribution in [0, 0.1) is 0 Å².